The van der Waals surface area contributed by atoms with Crippen LogP contribution in [0.1, 0.15) is 12.0 Å². The van der Waals surface area contributed by atoms with Crippen molar-refractivity contribution in [3.63, 3.8) is 0 Å². The summed E-state index contributed by atoms with van der Waals surface area (Å²) in [5, 5.41) is 12.9. The molecule has 1 aliphatic heterocycles. The van der Waals surface area contributed by atoms with Crippen molar-refractivity contribution in [1.29, 1.82) is 0 Å². The summed E-state index contributed by atoms with van der Waals surface area (Å²) in [5.74, 6) is 0. The molecule has 0 amide bonds. The van der Waals surface area contributed by atoms with Gasteiger partial charge in [-0.1, -0.05) is 23.7 Å². The molecule has 0 aliphatic carbocycles. The largest absolute Gasteiger partial charge is 0.395 e. The maximum Gasteiger partial charge on any atom is 0.0556 e. The van der Waals surface area contributed by atoms with Crippen LogP contribution >= 0.6 is 11.6 Å². The minimum atomic E-state index is 0.216. The van der Waals surface area contributed by atoms with Gasteiger partial charge in [0, 0.05) is 37.2 Å². The Labute approximate surface area is 107 Å². The Morgan fingerprint density at radius 3 is 2.82 bits per heavy atom. The van der Waals surface area contributed by atoms with Crippen LogP contribution in [-0.4, -0.2) is 42.3 Å². The zero-order valence-corrected chi connectivity index (χ0v) is 10.7. The highest BCUT2D eigenvalue weighted by atomic mass is 35.5. The van der Waals surface area contributed by atoms with E-state index in [2.05, 4.69) is 22.3 Å². The molecule has 17 heavy (non-hydrogen) atoms. The molecule has 1 aromatic carbocycles. The van der Waals surface area contributed by atoms with Crippen molar-refractivity contribution in [1.82, 2.24) is 10.2 Å². The molecule has 2 rings (SSSR count). The van der Waals surface area contributed by atoms with Crippen LogP contribution in [0.2, 0.25) is 5.02 Å². The van der Waals surface area contributed by atoms with Gasteiger partial charge in [-0.15, -0.1) is 0 Å². The van der Waals surface area contributed by atoms with Gasteiger partial charge in [-0.2, -0.15) is 0 Å². The van der Waals surface area contributed by atoms with E-state index in [9.17, 15) is 0 Å². The van der Waals surface area contributed by atoms with E-state index in [1.54, 1.807) is 0 Å². The molecule has 1 aromatic rings. The molecule has 0 aromatic heterocycles. The average molecular weight is 255 g/mol. The number of aliphatic hydroxyl groups is 1. The van der Waals surface area contributed by atoms with Crippen molar-refractivity contribution < 1.29 is 5.11 Å². The molecule has 94 valence electrons. The Hall–Kier alpha value is -0.610. The molecule has 1 saturated heterocycles. The van der Waals surface area contributed by atoms with E-state index in [4.69, 9.17) is 16.7 Å². The molecule has 1 fully saturated rings. The van der Waals surface area contributed by atoms with Crippen LogP contribution < -0.4 is 5.32 Å². The lowest BCUT2D eigenvalue weighted by Gasteiger charge is -2.16. The molecule has 0 radical (unpaired) electrons. The summed E-state index contributed by atoms with van der Waals surface area (Å²) in [6, 6.07) is 8.56. The fraction of sp³-hybridized carbons (Fsp3) is 0.538. The van der Waals surface area contributed by atoms with Gasteiger partial charge in [0.25, 0.3) is 0 Å². The molecule has 0 saturated carbocycles. The van der Waals surface area contributed by atoms with Crippen LogP contribution in [0, 0.1) is 0 Å². The molecule has 0 bridgehead atoms. The maximum absolute atomic E-state index is 8.77. The van der Waals surface area contributed by atoms with E-state index >= 15 is 0 Å². The third-order valence-corrected chi connectivity index (χ3v) is 3.39. The molecule has 1 atom stereocenters. The lowest BCUT2D eigenvalue weighted by molar-refractivity contribution is 0.278. The number of nitrogens with one attached hydrogen (secondary N) is 1. The second-order valence-electron chi connectivity index (χ2n) is 4.52. The van der Waals surface area contributed by atoms with Gasteiger partial charge >= 0.3 is 0 Å². The Balaban J connectivity index is 1.79. The summed E-state index contributed by atoms with van der Waals surface area (Å²) >= 11 is 5.86. The first-order valence-electron chi connectivity index (χ1n) is 6.09. The van der Waals surface area contributed by atoms with E-state index in [1.165, 1.54) is 5.56 Å². The van der Waals surface area contributed by atoms with Gasteiger partial charge in [0.05, 0.1) is 6.61 Å². The maximum atomic E-state index is 8.77. The third-order valence-electron chi connectivity index (χ3n) is 3.14. The first-order valence-corrected chi connectivity index (χ1v) is 6.47. The molecular weight excluding hydrogens is 236 g/mol. The van der Waals surface area contributed by atoms with Gasteiger partial charge in [-0.3, -0.25) is 4.90 Å². The summed E-state index contributed by atoms with van der Waals surface area (Å²) in [6.07, 6.45) is 1.16. The van der Waals surface area contributed by atoms with Gasteiger partial charge in [0.1, 0.15) is 0 Å². The number of hydrogen-bond donors (Lipinski definition) is 2. The second kappa shape index (κ2) is 6.36. The highest BCUT2D eigenvalue weighted by Crippen LogP contribution is 2.15. The lowest BCUT2D eigenvalue weighted by Crippen LogP contribution is -2.34. The standard InChI is InChI=1S/C13H19ClN2O/c14-12-3-1-11(2-4-12)9-16-7-5-13(10-16)15-6-8-17/h1-4,13,15,17H,5-10H2. The summed E-state index contributed by atoms with van der Waals surface area (Å²) < 4.78 is 0. The van der Waals surface area contributed by atoms with Crippen LogP contribution in [0.5, 0.6) is 0 Å². The molecule has 1 heterocycles. The Morgan fingerprint density at radius 1 is 1.35 bits per heavy atom. The van der Waals surface area contributed by atoms with Gasteiger partial charge in [0.2, 0.25) is 0 Å². The normalized spacial score (nSPS) is 20.9. The monoisotopic (exact) mass is 254 g/mol. The first-order chi connectivity index (χ1) is 8.28. The van der Waals surface area contributed by atoms with Crippen molar-refractivity contribution in [3.8, 4) is 0 Å². The van der Waals surface area contributed by atoms with E-state index in [0.29, 0.717) is 12.6 Å². The highest BCUT2D eigenvalue weighted by Gasteiger charge is 2.21. The van der Waals surface area contributed by atoms with Gasteiger partial charge in [-0.05, 0) is 24.1 Å². The molecular formula is C13H19ClN2O. The van der Waals surface area contributed by atoms with Crippen LogP contribution in [-0.2, 0) is 6.54 Å². The van der Waals surface area contributed by atoms with Crippen molar-refractivity contribution in [3.05, 3.63) is 34.9 Å². The molecule has 1 aliphatic rings. The number of halogens is 1. The van der Waals surface area contributed by atoms with E-state index < -0.39 is 0 Å². The predicted molar refractivity (Wildman–Crippen MR) is 70.2 cm³/mol. The summed E-state index contributed by atoms with van der Waals surface area (Å²) in [7, 11) is 0. The molecule has 4 heteroatoms. The highest BCUT2D eigenvalue weighted by molar-refractivity contribution is 6.30. The Morgan fingerprint density at radius 2 is 2.12 bits per heavy atom. The zero-order valence-electron chi connectivity index (χ0n) is 9.90. The van der Waals surface area contributed by atoms with Crippen LogP contribution in [0.3, 0.4) is 0 Å². The second-order valence-corrected chi connectivity index (χ2v) is 4.96. The number of hydrogen-bond acceptors (Lipinski definition) is 3. The number of rotatable bonds is 5. The smallest absolute Gasteiger partial charge is 0.0556 e. The zero-order chi connectivity index (χ0) is 12.1. The third kappa shape index (κ3) is 3.96. The SMILES string of the molecule is OCCNC1CCN(Cc2ccc(Cl)cc2)C1. The van der Waals surface area contributed by atoms with Crippen LogP contribution in [0.25, 0.3) is 0 Å². The van der Waals surface area contributed by atoms with Crippen molar-refractivity contribution >= 4 is 11.6 Å². The van der Waals surface area contributed by atoms with Gasteiger partial charge in [-0.25, -0.2) is 0 Å². The fourth-order valence-corrected chi connectivity index (χ4v) is 2.39. The van der Waals surface area contributed by atoms with E-state index in [1.807, 2.05) is 12.1 Å². The van der Waals surface area contributed by atoms with Crippen molar-refractivity contribution in [2.45, 2.75) is 19.0 Å². The number of benzene rings is 1. The summed E-state index contributed by atoms with van der Waals surface area (Å²) in [5.41, 5.74) is 1.30. The van der Waals surface area contributed by atoms with Crippen LogP contribution in [0.15, 0.2) is 24.3 Å². The van der Waals surface area contributed by atoms with Crippen molar-refractivity contribution in [2.24, 2.45) is 0 Å². The minimum Gasteiger partial charge on any atom is -0.395 e. The topological polar surface area (TPSA) is 35.5 Å². The number of nitrogens with zero attached hydrogens (tertiary/aromatic N) is 1. The summed E-state index contributed by atoms with van der Waals surface area (Å²) in [4.78, 5) is 2.43. The average Bonchev–Trinajstić information content (AvgIpc) is 2.77. The Kier molecular flexibility index (Phi) is 4.80. The van der Waals surface area contributed by atoms with Gasteiger partial charge in [0.15, 0.2) is 0 Å². The number of aliphatic hydroxyl groups excluding tert-OH is 1. The quantitative estimate of drug-likeness (QED) is 0.836. The first kappa shape index (κ1) is 12.8. The Bertz CT molecular complexity index is 342. The fourth-order valence-electron chi connectivity index (χ4n) is 2.26. The van der Waals surface area contributed by atoms with Crippen LogP contribution in [0.4, 0.5) is 0 Å². The van der Waals surface area contributed by atoms with E-state index in [-0.39, 0.29) is 6.61 Å². The van der Waals surface area contributed by atoms with Gasteiger partial charge < -0.3 is 10.4 Å². The summed E-state index contributed by atoms with van der Waals surface area (Å²) in [6.45, 7) is 4.07. The molecule has 1 unspecified atom stereocenters. The van der Waals surface area contributed by atoms with E-state index in [0.717, 1.165) is 31.1 Å². The molecule has 0 spiro atoms. The minimum absolute atomic E-state index is 0.216. The molecule has 2 N–H and O–H groups in total. The molecule has 3 nitrogen and oxygen atoms in total. The van der Waals surface area contributed by atoms with Crippen molar-refractivity contribution in [2.75, 3.05) is 26.2 Å². The predicted octanol–water partition coefficient (Wildman–Crippen LogP) is 1.50. The lowest BCUT2D eigenvalue weighted by atomic mass is 10.2. The number of likely N-dealkylation sites (tertiary alicyclic amines) is 1.